The molecule has 18 heavy (non-hydrogen) atoms. The summed E-state index contributed by atoms with van der Waals surface area (Å²) in [5, 5.41) is 13.2. The van der Waals surface area contributed by atoms with E-state index in [2.05, 4.69) is 27.1 Å². The Morgan fingerprint density at radius 3 is 2.94 bits per heavy atom. The summed E-state index contributed by atoms with van der Waals surface area (Å²) in [5.74, 6) is 2.89. The topological polar surface area (TPSA) is 61.3 Å². The summed E-state index contributed by atoms with van der Waals surface area (Å²) in [4.78, 5) is 10.9. The van der Waals surface area contributed by atoms with Crippen molar-refractivity contribution in [2.24, 2.45) is 5.92 Å². The standard InChI is InChI=1S/C13H22N4O/c1-4-14-12-7-13(16-10(3)15-12)17-6-5-9(2)11(18)8-17/h7,9,11,18H,4-6,8H2,1-3H3,(H,14,15,16). The van der Waals surface area contributed by atoms with Crippen LogP contribution in [0.2, 0.25) is 0 Å². The molecule has 0 saturated carbocycles. The summed E-state index contributed by atoms with van der Waals surface area (Å²) in [6, 6.07) is 1.96. The van der Waals surface area contributed by atoms with Crippen LogP contribution in [0.4, 0.5) is 11.6 Å². The molecule has 2 N–H and O–H groups in total. The monoisotopic (exact) mass is 250 g/mol. The number of nitrogens with one attached hydrogen (secondary N) is 1. The number of hydrogen-bond acceptors (Lipinski definition) is 5. The molecule has 1 aromatic rings. The fourth-order valence-electron chi connectivity index (χ4n) is 2.24. The molecule has 0 radical (unpaired) electrons. The second-order valence-corrected chi connectivity index (χ2v) is 4.97. The highest BCUT2D eigenvalue weighted by Gasteiger charge is 2.25. The predicted molar refractivity (Wildman–Crippen MR) is 72.9 cm³/mol. The number of aromatic nitrogens is 2. The van der Waals surface area contributed by atoms with E-state index in [1.54, 1.807) is 0 Å². The molecule has 2 rings (SSSR count). The van der Waals surface area contributed by atoms with Crippen LogP contribution in [-0.4, -0.2) is 40.8 Å². The van der Waals surface area contributed by atoms with E-state index in [-0.39, 0.29) is 6.10 Å². The van der Waals surface area contributed by atoms with Crippen LogP contribution in [0, 0.1) is 12.8 Å². The third kappa shape index (κ3) is 2.90. The zero-order chi connectivity index (χ0) is 13.1. The molecule has 2 heterocycles. The van der Waals surface area contributed by atoms with Gasteiger partial charge in [0.2, 0.25) is 0 Å². The van der Waals surface area contributed by atoms with E-state index in [1.165, 1.54) is 0 Å². The first-order valence-corrected chi connectivity index (χ1v) is 6.62. The molecular formula is C13H22N4O. The summed E-state index contributed by atoms with van der Waals surface area (Å²) in [5.41, 5.74) is 0. The highest BCUT2D eigenvalue weighted by Crippen LogP contribution is 2.23. The van der Waals surface area contributed by atoms with Crippen molar-refractivity contribution in [3.8, 4) is 0 Å². The molecule has 1 aliphatic rings. The van der Waals surface area contributed by atoms with Gasteiger partial charge in [-0.25, -0.2) is 9.97 Å². The summed E-state index contributed by atoms with van der Waals surface area (Å²) < 4.78 is 0. The number of β-amino-alcohol motifs (C(OH)–C–C–N with tert-alkyl or cyclic N) is 1. The Morgan fingerprint density at radius 2 is 2.28 bits per heavy atom. The minimum atomic E-state index is -0.267. The Bertz CT molecular complexity index is 410. The summed E-state index contributed by atoms with van der Waals surface area (Å²) >= 11 is 0. The molecule has 0 aliphatic carbocycles. The number of aryl methyl sites for hydroxylation is 1. The van der Waals surface area contributed by atoms with Gasteiger partial charge >= 0.3 is 0 Å². The molecule has 1 aliphatic heterocycles. The Kier molecular flexibility index (Phi) is 4.01. The first-order valence-electron chi connectivity index (χ1n) is 6.62. The number of rotatable bonds is 3. The lowest BCUT2D eigenvalue weighted by atomic mass is 9.96. The molecule has 2 atom stereocenters. The van der Waals surface area contributed by atoms with Crippen molar-refractivity contribution < 1.29 is 5.11 Å². The van der Waals surface area contributed by atoms with Crippen LogP contribution in [0.25, 0.3) is 0 Å². The normalized spacial score (nSPS) is 24.1. The van der Waals surface area contributed by atoms with E-state index >= 15 is 0 Å². The lowest BCUT2D eigenvalue weighted by Crippen LogP contribution is -2.43. The van der Waals surface area contributed by atoms with Gasteiger partial charge in [0.15, 0.2) is 0 Å². The van der Waals surface area contributed by atoms with Crippen molar-refractivity contribution in [3.05, 3.63) is 11.9 Å². The third-order valence-electron chi connectivity index (χ3n) is 3.42. The van der Waals surface area contributed by atoms with Gasteiger partial charge in [-0.2, -0.15) is 0 Å². The van der Waals surface area contributed by atoms with Gasteiger partial charge in [-0.1, -0.05) is 6.92 Å². The first-order chi connectivity index (χ1) is 8.60. The Morgan fingerprint density at radius 1 is 1.50 bits per heavy atom. The van der Waals surface area contributed by atoms with E-state index in [9.17, 15) is 5.11 Å². The molecular weight excluding hydrogens is 228 g/mol. The maximum atomic E-state index is 9.95. The number of aliphatic hydroxyl groups excluding tert-OH is 1. The van der Waals surface area contributed by atoms with Crippen LogP contribution in [0.15, 0.2) is 6.07 Å². The zero-order valence-corrected chi connectivity index (χ0v) is 11.3. The number of nitrogens with zero attached hydrogens (tertiary/aromatic N) is 3. The van der Waals surface area contributed by atoms with E-state index in [0.29, 0.717) is 12.5 Å². The second kappa shape index (κ2) is 5.52. The maximum absolute atomic E-state index is 9.95. The van der Waals surface area contributed by atoms with Gasteiger partial charge in [-0.15, -0.1) is 0 Å². The van der Waals surface area contributed by atoms with Crippen LogP contribution < -0.4 is 10.2 Å². The van der Waals surface area contributed by atoms with Gasteiger partial charge < -0.3 is 15.3 Å². The Hall–Kier alpha value is -1.36. The van der Waals surface area contributed by atoms with Gasteiger partial charge in [-0.3, -0.25) is 0 Å². The average Bonchev–Trinajstić information content (AvgIpc) is 2.32. The van der Waals surface area contributed by atoms with E-state index in [0.717, 1.165) is 37.0 Å². The maximum Gasteiger partial charge on any atom is 0.134 e. The van der Waals surface area contributed by atoms with Gasteiger partial charge in [0.1, 0.15) is 17.5 Å². The molecule has 2 unspecified atom stereocenters. The lowest BCUT2D eigenvalue weighted by molar-refractivity contribution is 0.102. The van der Waals surface area contributed by atoms with Crippen molar-refractivity contribution in [2.45, 2.75) is 33.3 Å². The summed E-state index contributed by atoms with van der Waals surface area (Å²) in [6.07, 6.45) is 0.734. The van der Waals surface area contributed by atoms with Crippen LogP contribution >= 0.6 is 0 Å². The minimum Gasteiger partial charge on any atom is -0.391 e. The van der Waals surface area contributed by atoms with Crippen LogP contribution in [-0.2, 0) is 0 Å². The fraction of sp³-hybridized carbons (Fsp3) is 0.692. The molecule has 0 amide bonds. The third-order valence-corrected chi connectivity index (χ3v) is 3.42. The molecule has 0 aromatic carbocycles. The Balaban J connectivity index is 2.17. The molecule has 0 spiro atoms. The Labute approximate surface area is 108 Å². The van der Waals surface area contributed by atoms with E-state index in [4.69, 9.17) is 0 Å². The number of hydrogen-bond donors (Lipinski definition) is 2. The van der Waals surface area contributed by atoms with Crippen molar-refractivity contribution in [1.29, 1.82) is 0 Å². The highest BCUT2D eigenvalue weighted by molar-refractivity contribution is 5.49. The summed E-state index contributed by atoms with van der Waals surface area (Å²) in [7, 11) is 0. The van der Waals surface area contributed by atoms with Crippen molar-refractivity contribution in [2.75, 3.05) is 29.9 Å². The average molecular weight is 250 g/mol. The van der Waals surface area contributed by atoms with Crippen LogP contribution in [0.1, 0.15) is 26.1 Å². The number of aliphatic hydroxyl groups is 1. The molecule has 5 nitrogen and oxygen atoms in total. The largest absolute Gasteiger partial charge is 0.391 e. The minimum absolute atomic E-state index is 0.267. The van der Waals surface area contributed by atoms with Crippen LogP contribution in [0.3, 0.4) is 0 Å². The zero-order valence-electron chi connectivity index (χ0n) is 11.3. The lowest BCUT2D eigenvalue weighted by Gasteiger charge is -2.35. The van der Waals surface area contributed by atoms with Gasteiger partial charge in [0.05, 0.1) is 6.10 Å². The van der Waals surface area contributed by atoms with Crippen molar-refractivity contribution >= 4 is 11.6 Å². The second-order valence-electron chi connectivity index (χ2n) is 4.97. The van der Waals surface area contributed by atoms with E-state index in [1.807, 2.05) is 19.9 Å². The predicted octanol–water partition coefficient (Wildman–Crippen LogP) is 1.42. The summed E-state index contributed by atoms with van der Waals surface area (Å²) in [6.45, 7) is 8.48. The quantitative estimate of drug-likeness (QED) is 0.849. The molecule has 1 aromatic heterocycles. The molecule has 1 fully saturated rings. The highest BCUT2D eigenvalue weighted by atomic mass is 16.3. The molecule has 0 bridgehead atoms. The van der Waals surface area contributed by atoms with E-state index < -0.39 is 0 Å². The smallest absolute Gasteiger partial charge is 0.134 e. The van der Waals surface area contributed by atoms with Crippen LogP contribution in [0.5, 0.6) is 0 Å². The number of anilines is 2. The van der Waals surface area contributed by atoms with Gasteiger partial charge in [-0.05, 0) is 26.2 Å². The fourth-order valence-corrected chi connectivity index (χ4v) is 2.24. The van der Waals surface area contributed by atoms with Gasteiger partial charge in [0.25, 0.3) is 0 Å². The molecule has 1 saturated heterocycles. The van der Waals surface area contributed by atoms with Crippen molar-refractivity contribution in [1.82, 2.24) is 9.97 Å². The first kappa shape index (κ1) is 13.1. The number of piperidine rings is 1. The van der Waals surface area contributed by atoms with Crippen molar-refractivity contribution in [3.63, 3.8) is 0 Å². The molecule has 5 heteroatoms. The SMILES string of the molecule is CCNc1cc(N2CCC(C)C(O)C2)nc(C)n1. The molecule has 100 valence electrons. The van der Waals surface area contributed by atoms with Gasteiger partial charge in [0, 0.05) is 25.7 Å².